The lowest BCUT2D eigenvalue weighted by atomic mass is 10.1. The zero-order chi connectivity index (χ0) is 22.0. The molecular weight excluding hydrogens is 476 g/mol. The molecule has 0 amide bonds. The van der Waals surface area contributed by atoms with Gasteiger partial charge in [-0.1, -0.05) is 41.4 Å². The van der Waals surface area contributed by atoms with Crippen molar-refractivity contribution < 1.29 is 9.66 Å². The predicted octanol–water partition coefficient (Wildman–Crippen LogP) is 5.12. The molecule has 8 nitrogen and oxygen atoms in total. The van der Waals surface area contributed by atoms with E-state index in [1.54, 1.807) is 12.1 Å². The van der Waals surface area contributed by atoms with Crippen LogP contribution in [-0.2, 0) is 0 Å². The van der Waals surface area contributed by atoms with Gasteiger partial charge in [0.05, 0.1) is 29.2 Å². The molecule has 0 bridgehead atoms. The third-order valence-corrected chi connectivity index (χ3v) is 5.37. The van der Waals surface area contributed by atoms with E-state index in [1.165, 1.54) is 30.1 Å². The van der Waals surface area contributed by atoms with Crippen molar-refractivity contribution in [2.45, 2.75) is 26.2 Å². The fourth-order valence-electron chi connectivity index (χ4n) is 2.95. The van der Waals surface area contributed by atoms with E-state index in [0.717, 1.165) is 10.9 Å². The van der Waals surface area contributed by atoms with Gasteiger partial charge < -0.3 is 4.74 Å². The summed E-state index contributed by atoms with van der Waals surface area (Å²) in [4.78, 5) is 28.5. The number of nitro benzene ring substituents is 1. The highest BCUT2D eigenvalue weighted by Crippen LogP contribution is 2.33. The summed E-state index contributed by atoms with van der Waals surface area (Å²) in [5.41, 5.74) is 0.207. The Hall–Kier alpha value is -2.78. The average molecular weight is 494 g/mol. The highest BCUT2D eigenvalue weighted by atomic mass is 79.9. The first-order valence-electron chi connectivity index (χ1n) is 9.05. The molecule has 0 aliphatic heterocycles. The molecular formula is C20H18BrClN4O4. The second-order valence-electron chi connectivity index (χ2n) is 6.61. The number of benzene rings is 2. The van der Waals surface area contributed by atoms with Crippen molar-refractivity contribution in [2.24, 2.45) is 5.10 Å². The second-order valence-corrected chi connectivity index (χ2v) is 7.96. The van der Waals surface area contributed by atoms with Crippen molar-refractivity contribution in [1.29, 1.82) is 0 Å². The highest BCUT2D eigenvalue weighted by Gasteiger charge is 2.20. The third kappa shape index (κ3) is 4.22. The SMILES string of the molecule is CC[C@@H](C)c1nc2ccc(Br)cc2c(=O)n1N=Cc1cc(Cl)cc([N+](=O)[O-])c1OC. The van der Waals surface area contributed by atoms with Crippen LogP contribution in [0.2, 0.25) is 5.02 Å². The van der Waals surface area contributed by atoms with Gasteiger partial charge in [-0.15, -0.1) is 0 Å². The summed E-state index contributed by atoms with van der Waals surface area (Å²) in [5, 5.41) is 16.2. The molecule has 1 atom stereocenters. The molecule has 3 rings (SSSR count). The number of nitro groups is 1. The number of rotatable bonds is 6. The molecule has 0 radical (unpaired) electrons. The largest absolute Gasteiger partial charge is 0.490 e. The summed E-state index contributed by atoms with van der Waals surface area (Å²) in [5.74, 6) is 0.449. The van der Waals surface area contributed by atoms with Crippen LogP contribution in [0.3, 0.4) is 0 Å². The Morgan fingerprint density at radius 2 is 2.13 bits per heavy atom. The summed E-state index contributed by atoms with van der Waals surface area (Å²) in [7, 11) is 1.32. The molecule has 1 heterocycles. The Balaban J connectivity index is 2.25. The molecule has 0 aliphatic carbocycles. The van der Waals surface area contributed by atoms with Gasteiger partial charge in [-0.3, -0.25) is 14.9 Å². The molecule has 0 N–H and O–H groups in total. The average Bonchev–Trinajstić information content (AvgIpc) is 2.72. The monoisotopic (exact) mass is 492 g/mol. The van der Waals surface area contributed by atoms with Crippen molar-refractivity contribution in [3.05, 3.63) is 71.7 Å². The molecule has 1 aromatic heterocycles. The van der Waals surface area contributed by atoms with Gasteiger partial charge in [0.1, 0.15) is 5.82 Å². The number of hydrogen-bond acceptors (Lipinski definition) is 6. The van der Waals surface area contributed by atoms with E-state index in [2.05, 4.69) is 26.0 Å². The van der Waals surface area contributed by atoms with Crippen LogP contribution >= 0.6 is 27.5 Å². The van der Waals surface area contributed by atoms with Crippen LogP contribution < -0.4 is 10.3 Å². The Labute approximate surface area is 185 Å². The summed E-state index contributed by atoms with van der Waals surface area (Å²) in [6.07, 6.45) is 2.06. The minimum Gasteiger partial charge on any atom is -0.490 e. The number of fused-ring (bicyclic) bond motifs is 1. The molecule has 30 heavy (non-hydrogen) atoms. The molecule has 2 aromatic carbocycles. The second kappa shape index (κ2) is 8.93. The Bertz CT molecular complexity index is 1230. The van der Waals surface area contributed by atoms with Crippen molar-refractivity contribution in [1.82, 2.24) is 9.66 Å². The van der Waals surface area contributed by atoms with Crippen LogP contribution in [0.15, 0.2) is 44.7 Å². The first kappa shape index (κ1) is 21.9. The summed E-state index contributed by atoms with van der Waals surface area (Å²) in [6, 6.07) is 7.95. The maximum Gasteiger partial charge on any atom is 0.313 e. The maximum absolute atomic E-state index is 13.2. The van der Waals surface area contributed by atoms with E-state index < -0.39 is 4.92 Å². The van der Waals surface area contributed by atoms with Gasteiger partial charge in [-0.2, -0.15) is 9.78 Å². The fraction of sp³-hybridized carbons (Fsp3) is 0.250. The van der Waals surface area contributed by atoms with Crippen LogP contribution in [0.5, 0.6) is 5.75 Å². The van der Waals surface area contributed by atoms with Gasteiger partial charge >= 0.3 is 5.69 Å². The number of halogens is 2. The fourth-order valence-corrected chi connectivity index (χ4v) is 3.53. The van der Waals surface area contributed by atoms with Crippen molar-refractivity contribution in [2.75, 3.05) is 7.11 Å². The van der Waals surface area contributed by atoms with Crippen molar-refractivity contribution >= 4 is 50.3 Å². The number of methoxy groups -OCH3 is 1. The lowest BCUT2D eigenvalue weighted by Crippen LogP contribution is -2.23. The van der Waals surface area contributed by atoms with Gasteiger partial charge in [0.25, 0.3) is 5.56 Å². The summed E-state index contributed by atoms with van der Waals surface area (Å²) in [6.45, 7) is 3.93. The first-order valence-corrected chi connectivity index (χ1v) is 10.2. The van der Waals surface area contributed by atoms with Gasteiger partial charge in [-0.05, 0) is 30.7 Å². The van der Waals surface area contributed by atoms with E-state index >= 15 is 0 Å². The standard InChI is InChI=1S/C20H18BrClN4O4/c1-4-11(2)19-24-16-6-5-13(21)8-15(16)20(27)25(19)23-10-12-7-14(22)9-17(26(28)29)18(12)30-3/h5-11H,4H2,1-3H3/t11-/m1/s1. The zero-order valence-corrected chi connectivity index (χ0v) is 18.8. The summed E-state index contributed by atoms with van der Waals surface area (Å²) >= 11 is 9.39. The van der Waals surface area contributed by atoms with E-state index in [-0.39, 0.29) is 33.5 Å². The number of nitrogens with zero attached hydrogens (tertiary/aromatic N) is 4. The minimum absolute atomic E-state index is 0.00258. The van der Waals surface area contributed by atoms with Gasteiger partial charge in [-0.25, -0.2) is 4.98 Å². The minimum atomic E-state index is -0.589. The van der Waals surface area contributed by atoms with E-state index in [0.29, 0.717) is 16.7 Å². The van der Waals surface area contributed by atoms with Crippen LogP contribution in [0.1, 0.15) is 37.6 Å². The molecule has 0 aliphatic rings. The Morgan fingerprint density at radius 1 is 1.40 bits per heavy atom. The van der Waals surface area contributed by atoms with Crippen LogP contribution in [-0.4, -0.2) is 27.9 Å². The van der Waals surface area contributed by atoms with E-state index in [4.69, 9.17) is 16.3 Å². The number of hydrogen-bond donors (Lipinski definition) is 0. The molecule has 0 spiro atoms. The van der Waals surface area contributed by atoms with E-state index in [1.807, 2.05) is 19.9 Å². The van der Waals surface area contributed by atoms with Crippen molar-refractivity contribution in [3.8, 4) is 5.75 Å². The molecule has 0 unspecified atom stereocenters. The van der Waals surface area contributed by atoms with E-state index in [9.17, 15) is 14.9 Å². The highest BCUT2D eigenvalue weighted by molar-refractivity contribution is 9.10. The molecule has 0 saturated carbocycles. The van der Waals surface area contributed by atoms with Gasteiger partial charge in [0, 0.05) is 27.0 Å². The predicted molar refractivity (Wildman–Crippen MR) is 120 cm³/mol. The summed E-state index contributed by atoms with van der Waals surface area (Å²) < 4.78 is 7.16. The molecule has 3 aromatic rings. The third-order valence-electron chi connectivity index (χ3n) is 4.66. The van der Waals surface area contributed by atoms with Crippen molar-refractivity contribution in [3.63, 3.8) is 0 Å². The quantitative estimate of drug-likeness (QED) is 0.269. The Kier molecular flexibility index (Phi) is 6.52. The molecule has 10 heteroatoms. The maximum atomic E-state index is 13.2. The Morgan fingerprint density at radius 3 is 2.77 bits per heavy atom. The normalized spacial score (nSPS) is 12.4. The van der Waals surface area contributed by atoms with Crippen LogP contribution in [0, 0.1) is 10.1 Å². The topological polar surface area (TPSA) is 99.6 Å². The molecule has 0 fully saturated rings. The van der Waals surface area contributed by atoms with Gasteiger partial charge in [0.2, 0.25) is 5.75 Å². The van der Waals surface area contributed by atoms with Crippen LogP contribution in [0.4, 0.5) is 5.69 Å². The number of ether oxygens (including phenoxy) is 1. The zero-order valence-electron chi connectivity index (χ0n) is 16.4. The first-order chi connectivity index (χ1) is 14.3. The smallest absolute Gasteiger partial charge is 0.313 e. The molecule has 156 valence electrons. The molecule has 0 saturated heterocycles. The lowest BCUT2D eigenvalue weighted by molar-refractivity contribution is -0.385. The number of aromatic nitrogens is 2. The lowest BCUT2D eigenvalue weighted by Gasteiger charge is -2.14. The van der Waals surface area contributed by atoms with Gasteiger partial charge in [0.15, 0.2) is 0 Å². The van der Waals surface area contributed by atoms with Crippen LogP contribution in [0.25, 0.3) is 10.9 Å².